The summed E-state index contributed by atoms with van der Waals surface area (Å²) in [6.45, 7) is 0. The van der Waals surface area contributed by atoms with Crippen LogP contribution in [-0.4, -0.2) is 23.8 Å². The quantitative estimate of drug-likeness (QED) is 0.737. The standard InChI is InChI=1S/C12H11F3N2O2/c1-17-10(6-9(16)11(18)19)7-4-2-3-5-8(7)12(13,14)15/h2-6,16-17H,1H3,(H,18,19)/b10-6-,16-9?. The molecule has 0 amide bonds. The Hall–Kier alpha value is -2.31. The van der Waals surface area contributed by atoms with Crippen molar-refractivity contribution >= 4 is 17.4 Å². The summed E-state index contributed by atoms with van der Waals surface area (Å²) in [7, 11) is 1.36. The number of hydrogen-bond donors (Lipinski definition) is 3. The number of nitrogens with one attached hydrogen (secondary N) is 2. The first kappa shape index (κ1) is 14.7. The van der Waals surface area contributed by atoms with Gasteiger partial charge in [-0.2, -0.15) is 13.2 Å². The lowest BCUT2D eigenvalue weighted by Crippen LogP contribution is -2.16. The SMILES string of the molecule is CN/C(=C\C(=N)C(=O)O)c1ccccc1C(F)(F)F. The zero-order valence-electron chi connectivity index (χ0n) is 9.88. The van der Waals surface area contributed by atoms with Crippen LogP contribution in [0.1, 0.15) is 11.1 Å². The highest BCUT2D eigenvalue weighted by atomic mass is 19.4. The van der Waals surface area contributed by atoms with E-state index in [1.54, 1.807) is 0 Å². The molecule has 4 nitrogen and oxygen atoms in total. The molecule has 3 N–H and O–H groups in total. The zero-order chi connectivity index (χ0) is 14.6. The van der Waals surface area contributed by atoms with E-state index in [-0.39, 0.29) is 11.3 Å². The highest BCUT2D eigenvalue weighted by molar-refractivity contribution is 6.40. The molecule has 1 aromatic carbocycles. The normalized spacial score (nSPS) is 12.1. The smallest absolute Gasteiger partial charge is 0.417 e. The number of carbonyl (C=O) groups is 1. The van der Waals surface area contributed by atoms with Crippen molar-refractivity contribution in [2.24, 2.45) is 0 Å². The largest absolute Gasteiger partial charge is 0.477 e. The number of alkyl halides is 3. The molecule has 0 atom stereocenters. The number of carboxylic acids is 1. The molecule has 0 aliphatic carbocycles. The molecule has 0 radical (unpaired) electrons. The van der Waals surface area contributed by atoms with Crippen molar-refractivity contribution in [3.05, 3.63) is 41.5 Å². The van der Waals surface area contributed by atoms with Crippen LogP contribution >= 0.6 is 0 Å². The number of rotatable bonds is 4. The van der Waals surface area contributed by atoms with E-state index in [0.717, 1.165) is 12.1 Å². The predicted molar refractivity (Wildman–Crippen MR) is 63.8 cm³/mol. The minimum absolute atomic E-state index is 0.0830. The third kappa shape index (κ3) is 3.57. The van der Waals surface area contributed by atoms with Gasteiger partial charge in [0.1, 0.15) is 5.71 Å². The molecule has 0 unspecified atom stereocenters. The van der Waals surface area contributed by atoms with E-state index >= 15 is 0 Å². The molecule has 0 bridgehead atoms. The Balaban J connectivity index is 3.35. The summed E-state index contributed by atoms with van der Waals surface area (Å²) in [6, 6.07) is 4.74. The van der Waals surface area contributed by atoms with Gasteiger partial charge in [-0.1, -0.05) is 18.2 Å². The first-order chi connectivity index (χ1) is 8.77. The van der Waals surface area contributed by atoms with Gasteiger partial charge in [-0.3, -0.25) is 5.41 Å². The molecule has 1 aromatic rings. The lowest BCUT2D eigenvalue weighted by atomic mass is 10.0. The van der Waals surface area contributed by atoms with Gasteiger partial charge in [0, 0.05) is 18.3 Å². The summed E-state index contributed by atoms with van der Waals surface area (Å²) in [6.07, 6.45) is -3.72. The van der Waals surface area contributed by atoms with Crippen molar-refractivity contribution < 1.29 is 23.1 Å². The van der Waals surface area contributed by atoms with Crippen LogP contribution in [0.25, 0.3) is 5.70 Å². The summed E-state index contributed by atoms with van der Waals surface area (Å²) in [5.41, 5.74) is -1.99. The third-order valence-corrected chi connectivity index (χ3v) is 2.31. The third-order valence-electron chi connectivity index (χ3n) is 2.31. The molecule has 0 saturated heterocycles. The topological polar surface area (TPSA) is 73.2 Å². The fraction of sp³-hybridized carbons (Fsp3) is 0.167. The molecule has 0 spiro atoms. The van der Waals surface area contributed by atoms with Crippen molar-refractivity contribution in [1.29, 1.82) is 5.41 Å². The van der Waals surface area contributed by atoms with Crippen LogP contribution in [0.15, 0.2) is 30.3 Å². The van der Waals surface area contributed by atoms with E-state index in [1.807, 2.05) is 0 Å². The Morgan fingerprint density at radius 2 is 1.95 bits per heavy atom. The zero-order valence-corrected chi connectivity index (χ0v) is 9.88. The van der Waals surface area contributed by atoms with Crippen LogP contribution in [0.3, 0.4) is 0 Å². The number of hydrogen-bond acceptors (Lipinski definition) is 3. The van der Waals surface area contributed by atoms with Crippen LogP contribution in [0.5, 0.6) is 0 Å². The number of halogens is 3. The number of carboxylic acid groups (broad SMARTS) is 1. The Kier molecular flexibility index (Phi) is 4.31. The minimum Gasteiger partial charge on any atom is -0.477 e. The lowest BCUT2D eigenvalue weighted by Gasteiger charge is -2.15. The van der Waals surface area contributed by atoms with Crippen LogP contribution in [0.2, 0.25) is 0 Å². The van der Waals surface area contributed by atoms with Gasteiger partial charge in [0.2, 0.25) is 0 Å². The molecule has 19 heavy (non-hydrogen) atoms. The molecule has 0 aliphatic rings. The van der Waals surface area contributed by atoms with Crippen molar-refractivity contribution in [2.45, 2.75) is 6.18 Å². The van der Waals surface area contributed by atoms with E-state index in [2.05, 4.69) is 5.32 Å². The van der Waals surface area contributed by atoms with Crippen molar-refractivity contribution in [1.82, 2.24) is 5.32 Å². The highest BCUT2D eigenvalue weighted by Gasteiger charge is 2.33. The van der Waals surface area contributed by atoms with Crippen LogP contribution < -0.4 is 5.32 Å². The van der Waals surface area contributed by atoms with E-state index in [4.69, 9.17) is 10.5 Å². The van der Waals surface area contributed by atoms with Crippen molar-refractivity contribution in [3.63, 3.8) is 0 Å². The van der Waals surface area contributed by atoms with Gasteiger partial charge in [0.25, 0.3) is 0 Å². The summed E-state index contributed by atoms with van der Waals surface area (Å²) in [5.74, 6) is -1.52. The van der Waals surface area contributed by atoms with Gasteiger partial charge in [-0.25, -0.2) is 4.79 Å². The fourth-order valence-corrected chi connectivity index (χ4v) is 1.46. The summed E-state index contributed by atoms with van der Waals surface area (Å²) >= 11 is 0. The Morgan fingerprint density at radius 3 is 2.42 bits per heavy atom. The van der Waals surface area contributed by atoms with Gasteiger partial charge in [0.15, 0.2) is 0 Å². The average molecular weight is 272 g/mol. The monoisotopic (exact) mass is 272 g/mol. The van der Waals surface area contributed by atoms with Crippen LogP contribution in [0.4, 0.5) is 13.2 Å². The van der Waals surface area contributed by atoms with E-state index in [1.165, 1.54) is 25.2 Å². The van der Waals surface area contributed by atoms with Crippen molar-refractivity contribution in [3.8, 4) is 0 Å². The maximum atomic E-state index is 12.8. The Morgan fingerprint density at radius 1 is 1.37 bits per heavy atom. The van der Waals surface area contributed by atoms with E-state index < -0.39 is 23.4 Å². The molecule has 0 aliphatic heterocycles. The second-order valence-corrected chi connectivity index (χ2v) is 3.57. The molecule has 0 heterocycles. The van der Waals surface area contributed by atoms with Crippen LogP contribution in [0, 0.1) is 5.41 Å². The van der Waals surface area contributed by atoms with Crippen LogP contribution in [-0.2, 0) is 11.0 Å². The van der Waals surface area contributed by atoms with E-state index in [0.29, 0.717) is 0 Å². The average Bonchev–Trinajstić information content (AvgIpc) is 2.34. The molecule has 102 valence electrons. The Bertz CT molecular complexity index is 536. The summed E-state index contributed by atoms with van der Waals surface area (Å²) < 4.78 is 38.4. The second-order valence-electron chi connectivity index (χ2n) is 3.57. The maximum absolute atomic E-state index is 12.8. The lowest BCUT2D eigenvalue weighted by molar-refractivity contribution is -0.137. The molecular weight excluding hydrogens is 261 g/mol. The highest BCUT2D eigenvalue weighted by Crippen LogP contribution is 2.34. The minimum atomic E-state index is -4.56. The van der Waals surface area contributed by atoms with E-state index in [9.17, 15) is 18.0 Å². The van der Waals surface area contributed by atoms with Gasteiger partial charge >= 0.3 is 12.1 Å². The summed E-state index contributed by atoms with van der Waals surface area (Å²) in [5, 5.41) is 18.2. The first-order valence-corrected chi connectivity index (χ1v) is 5.15. The molecule has 0 fully saturated rings. The predicted octanol–water partition coefficient (Wildman–Crippen LogP) is 2.37. The molecular formula is C12H11F3N2O2. The van der Waals surface area contributed by atoms with Crippen molar-refractivity contribution in [2.75, 3.05) is 7.05 Å². The Labute approximate surface area is 107 Å². The molecule has 0 saturated carbocycles. The molecule has 0 aromatic heterocycles. The van der Waals surface area contributed by atoms with Gasteiger partial charge in [-0.15, -0.1) is 0 Å². The summed E-state index contributed by atoms with van der Waals surface area (Å²) in [4.78, 5) is 10.5. The fourth-order valence-electron chi connectivity index (χ4n) is 1.46. The van der Waals surface area contributed by atoms with Gasteiger partial charge < -0.3 is 10.4 Å². The molecule has 7 heteroatoms. The molecule has 1 rings (SSSR count). The van der Waals surface area contributed by atoms with Gasteiger partial charge in [-0.05, 0) is 12.1 Å². The van der Waals surface area contributed by atoms with Gasteiger partial charge in [0.05, 0.1) is 5.56 Å². The number of aliphatic carboxylic acids is 1. The number of benzene rings is 1. The second kappa shape index (κ2) is 5.55. The first-order valence-electron chi connectivity index (χ1n) is 5.15. The maximum Gasteiger partial charge on any atom is 0.417 e.